The van der Waals surface area contributed by atoms with E-state index in [1.165, 1.54) is 0 Å². The second-order valence-corrected chi connectivity index (χ2v) is 5.82. The van der Waals surface area contributed by atoms with E-state index in [2.05, 4.69) is 15.2 Å². The number of nitrogens with zero attached hydrogens (tertiary/aromatic N) is 2. The molecule has 0 radical (unpaired) electrons. The van der Waals surface area contributed by atoms with Crippen molar-refractivity contribution < 1.29 is 9.47 Å². The zero-order chi connectivity index (χ0) is 16.5. The predicted molar refractivity (Wildman–Crippen MR) is 95.6 cm³/mol. The van der Waals surface area contributed by atoms with Gasteiger partial charge in [-0.1, -0.05) is 30.4 Å². The van der Waals surface area contributed by atoms with Crippen molar-refractivity contribution in [1.82, 2.24) is 15.2 Å². The maximum absolute atomic E-state index is 5.95. The average molecular weight is 335 g/mol. The molecule has 1 aromatic heterocycles. The third-order valence-electron chi connectivity index (χ3n) is 3.96. The van der Waals surface area contributed by atoms with Gasteiger partial charge in [-0.3, -0.25) is 9.88 Å². The number of hydrogen-bond acceptors (Lipinski definition) is 5. The molecule has 0 amide bonds. The zero-order valence-corrected chi connectivity index (χ0v) is 14.6. The normalized spacial score (nSPS) is 18.7. The van der Waals surface area contributed by atoms with Gasteiger partial charge in [0.25, 0.3) is 0 Å². The molecule has 0 saturated carbocycles. The van der Waals surface area contributed by atoms with Gasteiger partial charge >= 0.3 is 0 Å². The molecule has 23 heavy (non-hydrogen) atoms. The van der Waals surface area contributed by atoms with Crippen LogP contribution in [0.15, 0.2) is 36.5 Å². The van der Waals surface area contributed by atoms with Crippen LogP contribution in [-0.4, -0.2) is 61.4 Å². The second-order valence-electron chi connectivity index (χ2n) is 5.41. The molecule has 0 bridgehead atoms. The molecule has 1 fully saturated rings. The summed E-state index contributed by atoms with van der Waals surface area (Å²) in [6.45, 7) is 6.54. The SMILES string of the molecule is CC=CCNC(=S)C(CN1CCOCC1)(OC)c1ccccn1. The van der Waals surface area contributed by atoms with Crippen LogP contribution in [0.25, 0.3) is 0 Å². The van der Waals surface area contributed by atoms with Crippen LogP contribution in [0.5, 0.6) is 0 Å². The topological polar surface area (TPSA) is 46.6 Å². The number of rotatable bonds is 7. The molecule has 5 nitrogen and oxygen atoms in total. The van der Waals surface area contributed by atoms with Crippen LogP contribution in [-0.2, 0) is 15.1 Å². The third kappa shape index (κ3) is 4.57. The molecule has 126 valence electrons. The molecule has 1 N–H and O–H groups in total. The summed E-state index contributed by atoms with van der Waals surface area (Å²) in [7, 11) is 1.69. The van der Waals surface area contributed by atoms with E-state index in [9.17, 15) is 0 Å². The van der Waals surface area contributed by atoms with Crippen LogP contribution in [0.1, 0.15) is 12.6 Å². The van der Waals surface area contributed by atoms with Gasteiger partial charge in [0.05, 0.1) is 18.9 Å². The van der Waals surface area contributed by atoms with Crippen LogP contribution in [0, 0.1) is 0 Å². The number of thiocarbonyl (C=S) groups is 1. The van der Waals surface area contributed by atoms with Crippen molar-refractivity contribution in [3.63, 3.8) is 0 Å². The Morgan fingerprint density at radius 3 is 2.87 bits per heavy atom. The van der Waals surface area contributed by atoms with Crippen LogP contribution in [0.2, 0.25) is 0 Å². The Morgan fingerprint density at radius 1 is 1.48 bits per heavy atom. The van der Waals surface area contributed by atoms with Crippen molar-refractivity contribution in [2.24, 2.45) is 0 Å². The molecule has 1 aliphatic heterocycles. The van der Waals surface area contributed by atoms with Crippen molar-refractivity contribution in [3.05, 3.63) is 42.2 Å². The van der Waals surface area contributed by atoms with Crippen LogP contribution < -0.4 is 5.32 Å². The Labute approximate surface area is 143 Å². The quantitative estimate of drug-likeness (QED) is 0.605. The first-order valence-electron chi connectivity index (χ1n) is 7.89. The molecule has 1 unspecified atom stereocenters. The molecule has 2 rings (SSSR count). The fraction of sp³-hybridized carbons (Fsp3) is 0.529. The third-order valence-corrected chi connectivity index (χ3v) is 4.43. The van der Waals surface area contributed by atoms with Crippen molar-refractivity contribution in [3.8, 4) is 0 Å². The summed E-state index contributed by atoms with van der Waals surface area (Å²) < 4.78 is 11.4. The van der Waals surface area contributed by atoms with Crippen molar-refractivity contribution in [1.29, 1.82) is 0 Å². The van der Waals surface area contributed by atoms with Crippen LogP contribution in [0.3, 0.4) is 0 Å². The van der Waals surface area contributed by atoms with Gasteiger partial charge in [-0.05, 0) is 19.1 Å². The Kier molecular flexibility index (Phi) is 7.11. The lowest BCUT2D eigenvalue weighted by Crippen LogP contribution is -2.54. The van der Waals surface area contributed by atoms with Gasteiger partial charge < -0.3 is 14.8 Å². The Bertz CT molecular complexity index is 518. The van der Waals surface area contributed by atoms with E-state index in [1.54, 1.807) is 13.3 Å². The van der Waals surface area contributed by atoms with Crippen molar-refractivity contribution in [2.75, 3.05) is 46.5 Å². The van der Waals surface area contributed by atoms with E-state index in [-0.39, 0.29) is 0 Å². The van der Waals surface area contributed by atoms with Crippen molar-refractivity contribution in [2.45, 2.75) is 12.5 Å². The minimum absolute atomic E-state index is 0.656. The molecule has 1 atom stereocenters. The first-order valence-corrected chi connectivity index (χ1v) is 8.30. The standard InChI is InChI=1S/C17H25N3O2S/c1-3-4-8-19-16(23)17(21-2,15-7-5-6-9-18-15)14-20-10-12-22-13-11-20/h3-7,9H,8,10-14H2,1-2H3,(H,19,23). The molecule has 1 aliphatic rings. The minimum Gasteiger partial charge on any atom is -0.379 e. The lowest BCUT2D eigenvalue weighted by atomic mass is 9.96. The summed E-state index contributed by atoms with van der Waals surface area (Å²) in [5.41, 5.74) is 0.0714. The number of morpholine rings is 1. The Balaban J connectivity index is 2.25. The van der Waals surface area contributed by atoms with Gasteiger partial charge in [0.15, 0.2) is 5.60 Å². The number of pyridine rings is 1. The molecule has 0 aromatic carbocycles. The van der Waals surface area contributed by atoms with Gasteiger partial charge in [0.1, 0.15) is 4.99 Å². The first-order chi connectivity index (χ1) is 11.2. The molecular formula is C17H25N3O2S. The van der Waals surface area contributed by atoms with Crippen molar-refractivity contribution >= 4 is 17.2 Å². The highest BCUT2D eigenvalue weighted by Gasteiger charge is 2.40. The summed E-state index contributed by atoms with van der Waals surface area (Å²) in [6, 6.07) is 5.83. The predicted octanol–water partition coefficient (Wildman–Crippen LogP) is 1.75. The second kappa shape index (κ2) is 9.08. The number of ether oxygens (including phenoxy) is 2. The van der Waals surface area contributed by atoms with Gasteiger partial charge in [-0.15, -0.1) is 0 Å². The molecule has 6 heteroatoms. The molecule has 2 heterocycles. The monoisotopic (exact) mass is 335 g/mol. The number of allylic oxidation sites excluding steroid dienone is 1. The van der Waals surface area contributed by atoms with Crippen LogP contribution >= 0.6 is 12.2 Å². The van der Waals surface area contributed by atoms with E-state index < -0.39 is 5.60 Å². The summed E-state index contributed by atoms with van der Waals surface area (Å²) in [6.07, 6.45) is 5.80. The van der Waals surface area contributed by atoms with E-state index in [1.807, 2.05) is 37.3 Å². The zero-order valence-electron chi connectivity index (χ0n) is 13.8. The average Bonchev–Trinajstić information content (AvgIpc) is 2.61. The summed E-state index contributed by atoms with van der Waals surface area (Å²) >= 11 is 5.68. The van der Waals surface area contributed by atoms with E-state index in [0.717, 1.165) is 32.0 Å². The maximum atomic E-state index is 5.95. The number of aromatic nitrogens is 1. The van der Waals surface area contributed by atoms with Gasteiger partial charge in [-0.2, -0.15) is 0 Å². The lowest BCUT2D eigenvalue weighted by Gasteiger charge is -2.38. The maximum Gasteiger partial charge on any atom is 0.172 e. The Hall–Kier alpha value is -1.34. The summed E-state index contributed by atoms with van der Waals surface area (Å²) in [4.78, 5) is 7.48. The number of nitrogens with one attached hydrogen (secondary N) is 1. The number of hydrogen-bond donors (Lipinski definition) is 1. The summed E-state index contributed by atoms with van der Waals surface area (Å²) in [5, 5.41) is 3.29. The first kappa shape index (κ1) is 18.0. The van der Waals surface area contributed by atoms with E-state index in [4.69, 9.17) is 21.7 Å². The highest BCUT2D eigenvalue weighted by Crippen LogP contribution is 2.26. The van der Waals surface area contributed by atoms with E-state index >= 15 is 0 Å². The minimum atomic E-state index is -0.754. The highest BCUT2D eigenvalue weighted by molar-refractivity contribution is 7.80. The Morgan fingerprint density at radius 2 is 2.26 bits per heavy atom. The molecule has 0 spiro atoms. The van der Waals surface area contributed by atoms with Gasteiger partial charge in [-0.25, -0.2) is 0 Å². The van der Waals surface area contributed by atoms with E-state index in [0.29, 0.717) is 18.1 Å². The summed E-state index contributed by atoms with van der Waals surface area (Å²) in [5.74, 6) is 0. The van der Waals surface area contributed by atoms with Gasteiger partial charge in [0, 0.05) is 39.5 Å². The van der Waals surface area contributed by atoms with Crippen LogP contribution in [0.4, 0.5) is 0 Å². The molecule has 0 aliphatic carbocycles. The number of methoxy groups -OCH3 is 1. The highest BCUT2D eigenvalue weighted by atomic mass is 32.1. The molecular weight excluding hydrogens is 310 g/mol. The van der Waals surface area contributed by atoms with Gasteiger partial charge in [0.2, 0.25) is 0 Å². The fourth-order valence-corrected chi connectivity index (χ4v) is 2.95. The lowest BCUT2D eigenvalue weighted by molar-refractivity contribution is -0.0253. The smallest absolute Gasteiger partial charge is 0.172 e. The molecule has 1 aromatic rings. The largest absolute Gasteiger partial charge is 0.379 e. The molecule has 1 saturated heterocycles. The fourth-order valence-electron chi connectivity index (χ4n) is 2.62.